The molecule has 6 heteroatoms. The third kappa shape index (κ3) is 3.10. The van der Waals surface area contributed by atoms with E-state index >= 15 is 0 Å². The molecule has 1 heterocycles. The van der Waals surface area contributed by atoms with Crippen molar-refractivity contribution in [2.45, 2.75) is 19.6 Å². The lowest BCUT2D eigenvalue weighted by molar-refractivity contribution is 0.184. The Morgan fingerprint density at radius 3 is 2.59 bits per heavy atom. The summed E-state index contributed by atoms with van der Waals surface area (Å²) in [6.07, 6.45) is -0.566. The van der Waals surface area contributed by atoms with Gasteiger partial charge in [0.2, 0.25) is 0 Å². The fraction of sp³-hybridized carbons (Fsp3) is 0.364. The molecule has 0 radical (unpaired) electrons. The molecule has 0 bridgehead atoms. The molecule has 0 spiro atoms. The number of aliphatic hydroxyl groups is 1. The van der Waals surface area contributed by atoms with Crippen molar-refractivity contribution in [3.05, 3.63) is 30.1 Å². The van der Waals surface area contributed by atoms with E-state index in [4.69, 9.17) is 5.73 Å². The van der Waals surface area contributed by atoms with Crippen LogP contribution in [0, 0.1) is 0 Å². The fourth-order valence-corrected chi connectivity index (χ4v) is 1.78. The van der Waals surface area contributed by atoms with Gasteiger partial charge in [0.05, 0.1) is 11.0 Å². The van der Waals surface area contributed by atoms with E-state index in [1.165, 1.54) is 0 Å². The molecule has 0 aliphatic carbocycles. The van der Waals surface area contributed by atoms with E-state index in [0.29, 0.717) is 18.9 Å². The van der Waals surface area contributed by atoms with Crippen LogP contribution in [0.25, 0.3) is 11.0 Å². The molecule has 2 aromatic rings. The number of aromatic nitrogens is 2. The summed E-state index contributed by atoms with van der Waals surface area (Å²) < 4.78 is 1.97. The van der Waals surface area contributed by atoms with Crippen molar-refractivity contribution in [2.75, 3.05) is 6.54 Å². The van der Waals surface area contributed by atoms with Gasteiger partial charge < -0.3 is 15.4 Å². The maximum Gasteiger partial charge on any atom is 0.138 e. The van der Waals surface area contributed by atoms with Crippen molar-refractivity contribution in [2.24, 2.45) is 5.73 Å². The number of imidazole rings is 1. The van der Waals surface area contributed by atoms with E-state index in [1.807, 2.05) is 28.8 Å². The summed E-state index contributed by atoms with van der Waals surface area (Å²) >= 11 is 0. The quantitative estimate of drug-likeness (QED) is 0.901. The first kappa shape index (κ1) is 16.2. The summed E-state index contributed by atoms with van der Waals surface area (Å²) in [5.74, 6) is 0.682. The zero-order valence-corrected chi connectivity index (χ0v) is 11.2. The standard InChI is InChI=1S/C11H15N3O.2ClH/c1-8(15)11-13-9-4-2-3-5-10(9)14(11)7-6-12;;/h2-5,8,15H,6-7,12H2,1H3;2*1H. The Morgan fingerprint density at radius 2 is 2.00 bits per heavy atom. The Kier molecular flexibility index (Phi) is 6.49. The molecule has 2 rings (SSSR count). The number of hydrogen-bond donors (Lipinski definition) is 2. The lowest BCUT2D eigenvalue weighted by atomic mass is 10.3. The minimum absolute atomic E-state index is 0. The number of fused-ring (bicyclic) bond motifs is 1. The number of nitrogens with zero attached hydrogens (tertiary/aromatic N) is 2. The van der Waals surface area contributed by atoms with Gasteiger partial charge in [0.15, 0.2) is 0 Å². The number of rotatable bonds is 3. The van der Waals surface area contributed by atoms with Crippen LogP contribution in [0.2, 0.25) is 0 Å². The zero-order chi connectivity index (χ0) is 10.8. The number of hydrogen-bond acceptors (Lipinski definition) is 3. The van der Waals surface area contributed by atoms with Crippen molar-refractivity contribution in [3.63, 3.8) is 0 Å². The van der Waals surface area contributed by atoms with E-state index < -0.39 is 6.10 Å². The molecule has 96 valence electrons. The van der Waals surface area contributed by atoms with Gasteiger partial charge in [0.1, 0.15) is 11.9 Å². The van der Waals surface area contributed by atoms with Crippen molar-refractivity contribution in [1.82, 2.24) is 9.55 Å². The van der Waals surface area contributed by atoms with E-state index in [9.17, 15) is 5.11 Å². The lowest BCUT2D eigenvalue weighted by Crippen LogP contribution is -2.13. The summed E-state index contributed by atoms with van der Waals surface area (Å²) in [6, 6.07) is 7.83. The average Bonchev–Trinajstić information content (AvgIpc) is 2.58. The summed E-state index contributed by atoms with van der Waals surface area (Å²) in [5, 5.41) is 9.61. The number of para-hydroxylation sites is 2. The smallest absolute Gasteiger partial charge is 0.138 e. The number of nitrogens with two attached hydrogens (primary N) is 1. The number of aliphatic hydroxyl groups excluding tert-OH is 1. The SMILES string of the molecule is CC(O)c1nc2ccccc2n1CCN.Cl.Cl. The highest BCUT2D eigenvalue weighted by Gasteiger charge is 2.13. The van der Waals surface area contributed by atoms with Crippen LogP contribution in [0.3, 0.4) is 0 Å². The van der Waals surface area contributed by atoms with Gasteiger partial charge in [-0.3, -0.25) is 0 Å². The van der Waals surface area contributed by atoms with Gasteiger partial charge >= 0.3 is 0 Å². The van der Waals surface area contributed by atoms with Gasteiger partial charge in [-0.1, -0.05) is 12.1 Å². The third-order valence-electron chi connectivity index (χ3n) is 2.41. The second kappa shape index (κ2) is 6.81. The summed E-state index contributed by atoms with van der Waals surface area (Å²) in [7, 11) is 0. The normalized spacial score (nSPS) is 11.7. The van der Waals surface area contributed by atoms with Crippen LogP contribution >= 0.6 is 24.8 Å². The highest BCUT2D eigenvalue weighted by Crippen LogP contribution is 2.19. The molecule has 17 heavy (non-hydrogen) atoms. The van der Waals surface area contributed by atoms with Crippen LogP contribution in [0.1, 0.15) is 18.9 Å². The monoisotopic (exact) mass is 277 g/mol. The second-order valence-electron chi connectivity index (χ2n) is 3.58. The van der Waals surface area contributed by atoms with Crippen LogP contribution < -0.4 is 5.73 Å². The first-order valence-electron chi connectivity index (χ1n) is 5.07. The lowest BCUT2D eigenvalue weighted by Gasteiger charge is -2.08. The Labute approximate surface area is 113 Å². The summed E-state index contributed by atoms with van der Waals surface area (Å²) in [6.45, 7) is 2.94. The van der Waals surface area contributed by atoms with Crippen LogP contribution in [0.4, 0.5) is 0 Å². The van der Waals surface area contributed by atoms with Gasteiger partial charge in [0, 0.05) is 13.1 Å². The minimum atomic E-state index is -0.566. The molecule has 1 aromatic heterocycles. The molecule has 1 unspecified atom stereocenters. The van der Waals surface area contributed by atoms with Gasteiger partial charge in [-0.05, 0) is 19.1 Å². The van der Waals surface area contributed by atoms with Crippen molar-refractivity contribution in [1.29, 1.82) is 0 Å². The van der Waals surface area contributed by atoms with E-state index in [1.54, 1.807) is 6.92 Å². The van der Waals surface area contributed by atoms with Crippen LogP contribution in [0.15, 0.2) is 24.3 Å². The molecule has 0 aliphatic rings. The number of halogens is 2. The molecule has 3 N–H and O–H groups in total. The molecule has 4 nitrogen and oxygen atoms in total. The fourth-order valence-electron chi connectivity index (χ4n) is 1.78. The van der Waals surface area contributed by atoms with Gasteiger partial charge in [-0.25, -0.2) is 4.98 Å². The Balaban J connectivity index is 0.00000128. The molecule has 1 aromatic carbocycles. The molecule has 0 amide bonds. The molecule has 0 saturated carbocycles. The summed E-state index contributed by atoms with van der Waals surface area (Å²) in [5.41, 5.74) is 7.48. The predicted molar refractivity (Wildman–Crippen MR) is 73.9 cm³/mol. The van der Waals surface area contributed by atoms with Crippen molar-refractivity contribution < 1.29 is 5.11 Å². The third-order valence-corrected chi connectivity index (χ3v) is 2.41. The molecule has 0 saturated heterocycles. The molecule has 1 atom stereocenters. The zero-order valence-electron chi connectivity index (χ0n) is 9.54. The van der Waals surface area contributed by atoms with Gasteiger partial charge in [-0.15, -0.1) is 24.8 Å². The van der Waals surface area contributed by atoms with E-state index in [-0.39, 0.29) is 24.8 Å². The van der Waals surface area contributed by atoms with E-state index in [0.717, 1.165) is 11.0 Å². The topological polar surface area (TPSA) is 64.1 Å². The Bertz CT molecular complexity index is 471. The van der Waals surface area contributed by atoms with Crippen LogP contribution in [0.5, 0.6) is 0 Å². The van der Waals surface area contributed by atoms with Crippen LogP contribution in [-0.4, -0.2) is 21.2 Å². The maximum atomic E-state index is 9.61. The predicted octanol–water partition coefficient (Wildman–Crippen LogP) is 1.89. The van der Waals surface area contributed by atoms with Crippen molar-refractivity contribution >= 4 is 35.8 Å². The largest absolute Gasteiger partial charge is 0.385 e. The molecule has 0 fully saturated rings. The minimum Gasteiger partial charge on any atom is -0.385 e. The molecule has 0 aliphatic heterocycles. The second-order valence-corrected chi connectivity index (χ2v) is 3.58. The first-order chi connectivity index (χ1) is 7.24. The highest BCUT2D eigenvalue weighted by molar-refractivity contribution is 5.85. The van der Waals surface area contributed by atoms with Crippen molar-refractivity contribution in [3.8, 4) is 0 Å². The summed E-state index contributed by atoms with van der Waals surface area (Å²) in [4.78, 5) is 4.39. The Hall–Kier alpha value is -0.810. The molecular formula is C11H17Cl2N3O. The van der Waals surface area contributed by atoms with Gasteiger partial charge in [0.25, 0.3) is 0 Å². The Morgan fingerprint density at radius 1 is 1.35 bits per heavy atom. The van der Waals surface area contributed by atoms with Gasteiger partial charge in [-0.2, -0.15) is 0 Å². The maximum absolute atomic E-state index is 9.61. The molecular weight excluding hydrogens is 261 g/mol. The first-order valence-corrected chi connectivity index (χ1v) is 5.07. The average molecular weight is 278 g/mol. The van der Waals surface area contributed by atoms with Crippen LogP contribution in [-0.2, 0) is 6.54 Å². The highest BCUT2D eigenvalue weighted by atomic mass is 35.5. The van der Waals surface area contributed by atoms with E-state index in [2.05, 4.69) is 4.98 Å². The number of benzene rings is 1.